The van der Waals surface area contributed by atoms with Crippen LogP contribution in [0.3, 0.4) is 0 Å². The number of hydrogen-bond acceptors (Lipinski definition) is 9. The Morgan fingerprint density at radius 2 is 1.69 bits per heavy atom. The van der Waals surface area contributed by atoms with Gasteiger partial charge in [0.15, 0.2) is 0 Å². The highest BCUT2D eigenvalue weighted by atomic mass is 16.6. The van der Waals surface area contributed by atoms with Gasteiger partial charge < -0.3 is 4.74 Å². The summed E-state index contributed by atoms with van der Waals surface area (Å²) in [5.41, 5.74) is 3.25. The number of aromatic nitrogens is 2. The number of para-hydroxylation sites is 1. The first-order valence-electron chi connectivity index (χ1n) is 10.6. The van der Waals surface area contributed by atoms with Crippen molar-refractivity contribution in [2.45, 2.75) is 33.7 Å². The molecule has 0 saturated heterocycles. The van der Waals surface area contributed by atoms with Gasteiger partial charge in [0.25, 0.3) is 11.6 Å². The number of amides is 1. The van der Waals surface area contributed by atoms with E-state index in [0.29, 0.717) is 11.3 Å². The van der Waals surface area contributed by atoms with Crippen LogP contribution < -0.4 is 10.2 Å². The molecule has 1 heterocycles. The van der Waals surface area contributed by atoms with Gasteiger partial charge in [0, 0.05) is 6.07 Å². The molecule has 1 N–H and O–H groups in total. The maximum atomic E-state index is 12.6. The van der Waals surface area contributed by atoms with E-state index in [0.717, 1.165) is 0 Å². The number of hydrazone groups is 1. The molecule has 1 aromatic heterocycles. The van der Waals surface area contributed by atoms with Crippen molar-refractivity contribution >= 4 is 29.0 Å². The zero-order valence-electron chi connectivity index (χ0n) is 19.8. The van der Waals surface area contributed by atoms with Crippen LogP contribution in [0.25, 0.3) is 0 Å². The van der Waals surface area contributed by atoms with Gasteiger partial charge in [0.1, 0.15) is 28.7 Å². The summed E-state index contributed by atoms with van der Waals surface area (Å²) in [4.78, 5) is 46.0. The molecular formula is C23H22N6O7. The fourth-order valence-corrected chi connectivity index (χ4v) is 3.44. The van der Waals surface area contributed by atoms with E-state index in [9.17, 15) is 29.8 Å². The van der Waals surface area contributed by atoms with Crippen molar-refractivity contribution in [3.05, 3.63) is 91.3 Å². The molecule has 1 amide bonds. The largest absolute Gasteiger partial charge is 0.423 e. The van der Waals surface area contributed by atoms with Gasteiger partial charge in [-0.05, 0) is 63.6 Å². The highest BCUT2D eigenvalue weighted by Gasteiger charge is 2.27. The Bertz CT molecular complexity index is 1380. The monoisotopic (exact) mass is 494 g/mol. The molecule has 0 bridgehead atoms. The molecule has 13 nitrogen and oxygen atoms in total. The third kappa shape index (κ3) is 5.41. The lowest BCUT2D eigenvalue weighted by atomic mass is 10.1. The molecule has 0 radical (unpaired) electrons. The van der Waals surface area contributed by atoms with Crippen LogP contribution in [0.2, 0.25) is 0 Å². The molecule has 0 fully saturated rings. The Labute approximate surface area is 204 Å². The van der Waals surface area contributed by atoms with E-state index in [1.807, 2.05) is 0 Å². The number of rotatable bonds is 8. The van der Waals surface area contributed by atoms with Crippen LogP contribution in [0.5, 0.6) is 5.75 Å². The predicted molar refractivity (Wildman–Crippen MR) is 128 cm³/mol. The van der Waals surface area contributed by atoms with E-state index in [1.165, 1.54) is 54.9 Å². The minimum absolute atomic E-state index is 0.142. The molecule has 0 aliphatic carbocycles. The molecule has 2 aromatic carbocycles. The van der Waals surface area contributed by atoms with E-state index in [-0.39, 0.29) is 34.1 Å². The Balaban J connectivity index is 1.67. The first kappa shape index (κ1) is 25.7. The number of carbonyl (C=O) groups excluding carboxylic acids is 2. The van der Waals surface area contributed by atoms with Crippen LogP contribution in [0.15, 0.2) is 53.6 Å². The van der Waals surface area contributed by atoms with Crippen LogP contribution in [-0.2, 0) is 4.79 Å². The number of ether oxygens (including phenoxy) is 1. The van der Waals surface area contributed by atoms with E-state index < -0.39 is 27.8 Å². The molecule has 3 rings (SSSR count). The average molecular weight is 494 g/mol. The quantitative estimate of drug-likeness (QED) is 0.162. The number of hydrogen-bond donors (Lipinski definition) is 1. The summed E-state index contributed by atoms with van der Waals surface area (Å²) in [5.74, 6) is -1.23. The van der Waals surface area contributed by atoms with Gasteiger partial charge in [-0.3, -0.25) is 29.7 Å². The molecule has 1 unspecified atom stereocenters. The topological polar surface area (TPSA) is 172 Å². The van der Waals surface area contributed by atoms with Gasteiger partial charge in [-0.25, -0.2) is 10.2 Å². The number of nitrogens with one attached hydrogen (secondary N) is 1. The van der Waals surface area contributed by atoms with Crippen molar-refractivity contribution in [2.24, 2.45) is 5.10 Å². The van der Waals surface area contributed by atoms with Crippen LogP contribution in [-0.4, -0.2) is 37.2 Å². The zero-order chi connectivity index (χ0) is 26.6. The number of aryl methyl sites for hydroxylation is 1. The molecule has 186 valence electrons. The van der Waals surface area contributed by atoms with Gasteiger partial charge in [0.2, 0.25) is 0 Å². The molecule has 3 aromatic rings. The summed E-state index contributed by atoms with van der Waals surface area (Å²) in [6, 6.07) is 10.8. The molecular weight excluding hydrogens is 472 g/mol. The third-order valence-electron chi connectivity index (χ3n) is 5.35. The van der Waals surface area contributed by atoms with E-state index in [4.69, 9.17) is 4.74 Å². The van der Waals surface area contributed by atoms with Crippen LogP contribution >= 0.6 is 0 Å². The number of nitro benzene ring substituents is 1. The zero-order valence-corrected chi connectivity index (χ0v) is 19.8. The lowest BCUT2D eigenvalue weighted by molar-refractivity contribution is -0.386. The van der Waals surface area contributed by atoms with E-state index in [2.05, 4.69) is 15.6 Å². The number of carbonyl (C=O) groups is 2. The van der Waals surface area contributed by atoms with Crippen LogP contribution in [0.4, 0.5) is 11.4 Å². The molecule has 0 aliphatic rings. The maximum Gasteiger partial charge on any atom is 0.350 e. The van der Waals surface area contributed by atoms with Crippen LogP contribution in [0.1, 0.15) is 47.2 Å². The highest BCUT2D eigenvalue weighted by molar-refractivity contribution is 5.99. The smallest absolute Gasteiger partial charge is 0.350 e. The van der Waals surface area contributed by atoms with Gasteiger partial charge in [-0.2, -0.15) is 10.2 Å². The average Bonchev–Trinajstić information content (AvgIpc) is 3.15. The Morgan fingerprint density at radius 1 is 1.06 bits per heavy atom. The van der Waals surface area contributed by atoms with Crippen LogP contribution in [0, 0.1) is 34.1 Å². The summed E-state index contributed by atoms with van der Waals surface area (Å²) >= 11 is 0. The molecule has 0 spiro atoms. The number of benzene rings is 2. The van der Waals surface area contributed by atoms with Crippen molar-refractivity contribution < 1.29 is 24.2 Å². The fraction of sp³-hybridized carbons (Fsp3) is 0.217. The first-order chi connectivity index (χ1) is 17.0. The van der Waals surface area contributed by atoms with Crippen molar-refractivity contribution in [1.82, 2.24) is 15.2 Å². The summed E-state index contributed by atoms with van der Waals surface area (Å²) < 4.78 is 6.51. The Hall–Kier alpha value is -4.94. The van der Waals surface area contributed by atoms with Gasteiger partial charge in [-0.15, -0.1) is 0 Å². The normalized spacial score (nSPS) is 12.1. The number of nitrogens with zero attached hydrogens (tertiary/aromatic N) is 5. The second-order valence-corrected chi connectivity index (χ2v) is 7.76. The summed E-state index contributed by atoms with van der Waals surface area (Å²) in [7, 11) is 0. The van der Waals surface area contributed by atoms with Gasteiger partial charge >= 0.3 is 11.7 Å². The third-order valence-corrected chi connectivity index (χ3v) is 5.35. The summed E-state index contributed by atoms with van der Waals surface area (Å²) in [5, 5.41) is 30.5. The molecule has 1 atom stereocenters. The summed E-state index contributed by atoms with van der Waals surface area (Å²) in [6.45, 7) is 6.20. The van der Waals surface area contributed by atoms with E-state index >= 15 is 0 Å². The van der Waals surface area contributed by atoms with E-state index in [1.54, 1.807) is 26.0 Å². The van der Waals surface area contributed by atoms with Crippen molar-refractivity contribution in [3.63, 3.8) is 0 Å². The molecule has 13 heteroatoms. The minimum atomic E-state index is -0.869. The fourth-order valence-electron chi connectivity index (χ4n) is 3.44. The SMILES string of the molecule is C/C(=N\NC(=O)C(C)n1nc(C)c([N+](=O)[O-])c1C)c1ccc(OC(=O)c2ccccc2[N+](=O)[O-])cc1. The Morgan fingerprint density at radius 3 is 2.28 bits per heavy atom. The van der Waals surface area contributed by atoms with Gasteiger partial charge in [0.05, 0.1) is 15.6 Å². The predicted octanol–water partition coefficient (Wildman–Crippen LogP) is 3.64. The molecule has 0 saturated carbocycles. The second-order valence-electron chi connectivity index (χ2n) is 7.76. The van der Waals surface area contributed by atoms with Gasteiger partial charge in [-0.1, -0.05) is 12.1 Å². The Kier molecular flexibility index (Phi) is 7.52. The molecule has 36 heavy (non-hydrogen) atoms. The second kappa shape index (κ2) is 10.5. The summed E-state index contributed by atoms with van der Waals surface area (Å²) in [6.07, 6.45) is 0. The van der Waals surface area contributed by atoms with Crippen molar-refractivity contribution in [3.8, 4) is 5.75 Å². The van der Waals surface area contributed by atoms with Crippen molar-refractivity contribution in [1.29, 1.82) is 0 Å². The highest BCUT2D eigenvalue weighted by Crippen LogP contribution is 2.25. The maximum absolute atomic E-state index is 12.6. The lowest BCUT2D eigenvalue weighted by Crippen LogP contribution is -2.29. The first-order valence-corrected chi connectivity index (χ1v) is 10.6. The molecule has 0 aliphatic heterocycles. The number of esters is 1. The standard InChI is InChI=1S/C23H22N6O7/c1-13(24-25-22(30)16(4)27-15(3)21(29(34)35)14(2)26-27)17-9-11-18(12-10-17)36-23(31)19-7-5-6-8-20(19)28(32)33/h5-12,16H,1-4H3,(H,25,30)/b24-13+. The lowest BCUT2D eigenvalue weighted by Gasteiger charge is -2.12. The minimum Gasteiger partial charge on any atom is -0.423 e. The van der Waals surface area contributed by atoms with Crippen molar-refractivity contribution in [2.75, 3.05) is 0 Å². The number of nitro groups is 2.